The van der Waals surface area contributed by atoms with Crippen LogP contribution in [0.15, 0.2) is 23.1 Å². The number of benzene rings is 2. The number of anilines is 1. The Kier molecular flexibility index (Phi) is 5.52. The average molecular weight is 401 g/mol. The Bertz CT molecular complexity index is 967. The van der Waals surface area contributed by atoms with Crippen LogP contribution >= 0.6 is 0 Å². The van der Waals surface area contributed by atoms with Crippen molar-refractivity contribution in [2.45, 2.75) is 45.7 Å². The Labute approximate surface area is 157 Å². The van der Waals surface area contributed by atoms with Gasteiger partial charge in [-0.2, -0.15) is 13.2 Å². The molecule has 0 aliphatic rings. The van der Waals surface area contributed by atoms with Gasteiger partial charge in [-0.3, -0.25) is 4.72 Å². The van der Waals surface area contributed by atoms with Gasteiger partial charge in [-0.15, -0.1) is 0 Å². The third-order valence-electron chi connectivity index (χ3n) is 4.97. The molecule has 0 aliphatic carbocycles. The van der Waals surface area contributed by atoms with Gasteiger partial charge in [-0.25, -0.2) is 8.42 Å². The maximum absolute atomic E-state index is 13.0. The minimum atomic E-state index is -4.60. The van der Waals surface area contributed by atoms with Crippen LogP contribution in [0, 0.1) is 34.6 Å². The molecule has 0 amide bonds. The summed E-state index contributed by atoms with van der Waals surface area (Å²) in [5.41, 5.74) is 2.54. The topological polar surface area (TPSA) is 55.4 Å². The van der Waals surface area contributed by atoms with Crippen LogP contribution in [0.3, 0.4) is 0 Å². The van der Waals surface area contributed by atoms with E-state index in [4.69, 9.17) is 4.74 Å². The molecule has 0 aromatic heterocycles. The Morgan fingerprint density at radius 2 is 1.37 bits per heavy atom. The van der Waals surface area contributed by atoms with E-state index >= 15 is 0 Å². The first kappa shape index (κ1) is 21.1. The third-order valence-corrected chi connectivity index (χ3v) is 6.61. The van der Waals surface area contributed by atoms with Crippen LogP contribution in [0.5, 0.6) is 5.75 Å². The van der Waals surface area contributed by atoms with Crippen molar-refractivity contribution in [2.24, 2.45) is 0 Å². The monoisotopic (exact) mass is 401 g/mol. The molecule has 0 aliphatic heterocycles. The first-order valence-corrected chi connectivity index (χ1v) is 9.64. The highest BCUT2D eigenvalue weighted by Gasteiger charge is 2.32. The highest BCUT2D eigenvalue weighted by molar-refractivity contribution is 7.92. The molecule has 148 valence electrons. The summed E-state index contributed by atoms with van der Waals surface area (Å²) in [6, 6.07) is 2.66. The largest absolute Gasteiger partial charge is 0.495 e. The molecule has 1 N–H and O–H groups in total. The van der Waals surface area contributed by atoms with E-state index < -0.39 is 21.8 Å². The Morgan fingerprint density at radius 3 is 1.81 bits per heavy atom. The summed E-state index contributed by atoms with van der Waals surface area (Å²) in [4.78, 5) is 0.0718. The van der Waals surface area contributed by atoms with Crippen LogP contribution in [-0.4, -0.2) is 15.5 Å². The molecule has 4 nitrogen and oxygen atoms in total. The number of halogens is 3. The molecule has 0 saturated carbocycles. The van der Waals surface area contributed by atoms with Crippen molar-refractivity contribution in [3.05, 3.63) is 51.6 Å². The van der Waals surface area contributed by atoms with Gasteiger partial charge in [-0.05, 0) is 80.6 Å². The molecule has 0 atom stereocenters. The summed E-state index contributed by atoms with van der Waals surface area (Å²) in [6.45, 7) is 8.92. The summed E-state index contributed by atoms with van der Waals surface area (Å²) < 4.78 is 72.4. The van der Waals surface area contributed by atoms with Crippen LogP contribution < -0.4 is 9.46 Å². The molecule has 0 bridgehead atoms. The molecule has 0 unspecified atom stereocenters. The number of ether oxygens (including phenoxy) is 1. The van der Waals surface area contributed by atoms with Gasteiger partial charge in [0, 0.05) is 0 Å². The number of nitrogens with one attached hydrogen (secondary N) is 1. The summed E-state index contributed by atoms with van der Waals surface area (Å²) in [6.07, 6.45) is -4.60. The number of hydrogen-bond acceptors (Lipinski definition) is 3. The zero-order valence-electron chi connectivity index (χ0n) is 16.0. The first-order valence-electron chi connectivity index (χ1n) is 8.16. The summed E-state index contributed by atoms with van der Waals surface area (Å²) >= 11 is 0. The minimum absolute atomic E-state index is 0.00226. The zero-order chi connectivity index (χ0) is 20.7. The number of rotatable bonds is 4. The van der Waals surface area contributed by atoms with Crippen LogP contribution in [0.4, 0.5) is 18.9 Å². The number of methoxy groups -OCH3 is 1. The van der Waals surface area contributed by atoms with Gasteiger partial charge in [0.25, 0.3) is 10.0 Å². The van der Waals surface area contributed by atoms with E-state index in [1.54, 1.807) is 13.8 Å². The van der Waals surface area contributed by atoms with E-state index in [1.165, 1.54) is 7.11 Å². The lowest BCUT2D eigenvalue weighted by molar-refractivity contribution is -0.137. The van der Waals surface area contributed by atoms with Crippen molar-refractivity contribution in [1.82, 2.24) is 0 Å². The predicted molar refractivity (Wildman–Crippen MR) is 98.9 cm³/mol. The summed E-state index contributed by atoms with van der Waals surface area (Å²) in [5, 5.41) is 0. The Balaban J connectivity index is 2.65. The second-order valence-corrected chi connectivity index (χ2v) is 8.09. The third kappa shape index (κ3) is 3.90. The highest BCUT2D eigenvalue weighted by Crippen LogP contribution is 2.37. The van der Waals surface area contributed by atoms with Crippen molar-refractivity contribution in [1.29, 1.82) is 0 Å². The first-order chi connectivity index (χ1) is 12.3. The smallest absolute Gasteiger partial charge is 0.416 e. The fraction of sp³-hybridized carbons (Fsp3) is 0.368. The standard InChI is InChI=1S/C19H22F3NO3S/c1-10-11(2)13(4)18(14(5)12(10)3)27(24,25)23-16-9-15(19(20,21)22)7-8-17(16)26-6/h7-9,23H,1-6H3. The molecular formula is C19H22F3NO3S. The quantitative estimate of drug-likeness (QED) is 0.779. The van der Waals surface area contributed by atoms with Gasteiger partial charge in [0.05, 0.1) is 23.3 Å². The molecule has 0 heterocycles. The second kappa shape index (κ2) is 7.07. The summed E-state index contributed by atoms with van der Waals surface area (Å²) in [7, 11) is -2.87. The van der Waals surface area contributed by atoms with E-state index in [1.807, 2.05) is 20.8 Å². The molecule has 0 spiro atoms. The maximum atomic E-state index is 13.0. The second-order valence-electron chi connectivity index (χ2n) is 6.47. The van der Waals surface area contributed by atoms with Crippen molar-refractivity contribution < 1.29 is 26.3 Å². The lowest BCUT2D eigenvalue weighted by Gasteiger charge is -2.20. The lowest BCUT2D eigenvalue weighted by atomic mass is 9.95. The Hall–Kier alpha value is -2.22. The maximum Gasteiger partial charge on any atom is 0.416 e. The van der Waals surface area contributed by atoms with Gasteiger partial charge >= 0.3 is 6.18 Å². The number of hydrogen-bond donors (Lipinski definition) is 1. The van der Waals surface area contributed by atoms with Crippen LogP contribution in [0.25, 0.3) is 0 Å². The fourth-order valence-electron chi connectivity index (χ4n) is 3.03. The van der Waals surface area contributed by atoms with Crippen molar-refractivity contribution >= 4 is 15.7 Å². The number of alkyl halides is 3. The van der Waals surface area contributed by atoms with E-state index in [0.717, 1.165) is 34.9 Å². The van der Waals surface area contributed by atoms with E-state index in [-0.39, 0.29) is 16.3 Å². The van der Waals surface area contributed by atoms with E-state index in [2.05, 4.69) is 4.72 Å². The summed E-state index contributed by atoms with van der Waals surface area (Å²) in [5.74, 6) is 0.00226. The van der Waals surface area contributed by atoms with E-state index in [0.29, 0.717) is 11.1 Å². The molecule has 0 saturated heterocycles. The molecule has 0 radical (unpaired) electrons. The van der Waals surface area contributed by atoms with Gasteiger partial charge < -0.3 is 4.74 Å². The van der Waals surface area contributed by atoms with Gasteiger partial charge in [0.1, 0.15) is 5.75 Å². The average Bonchev–Trinajstić information content (AvgIpc) is 2.57. The van der Waals surface area contributed by atoms with Crippen LogP contribution in [0.1, 0.15) is 33.4 Å². The van der Waals surface area contributed by atoms with Crippen LogP contribution in [0.2, 0.25) is 0 Å². The molecule has 0 fully saturated rings. The Morgan fingerprint density at radius 1 is 0.889 bits per heavy atom. The molecule has 2 aromatic rings. The molecule has 27 heavy (non-hydrogen) atoms. The van der Waals surface area contributed by atoms with E-state index in [9.17, 15) is 21.6 Å². The van der Waals surface area contributed by atoms with Gasteiger partial charge in [0.15, 0.2) is 0 Å². The van der Waals surface area contributed by atoms with Crippen molar-refractivity contribution in [3.63, 3.8) is 0 Å². The highest BCUT2D eigenvalue weighted by atomic mass is 32.2. The fourth-order valence-corrected chi connectivity index (χ4v) is 4.69. The molecule has 2 rings (SSSR count). The van der Waals surface area contributed by atoms with Crippen molar-refractivity contribution in [2.75, 3.05) is 11.8 Å². The zero-order valence-corrected chi connectivity index (χ0v) is 16.8. The SMILES string of the molecule is COc1ccc(C(F)(F)F)cc1NS(=O)(=O)c1c(C)c(C)c(C)c(C)c1C. The number of sulfonamides is 1. The normalized spacial score (nSPS) is 12.2. The lowest BCUT2D eigenvalue weighted by Crippen LogP contribution is -2.18. The molecular weight excluding hydrogens is 379 g/mol. The predicted octanol–water partition coefficient (Wildman–Crippen LogP) is 5.06. The van der Waals surface area contributed by atoms with Gasteiger partial charge in [0.2, 0.25) is 0 Å². The molecule has 8 heteroatoms. The molecule has 2 aromatic carbocycles. The van der Waals surface area contributed by atoms with Crippen LogP contribution in [-0.2, 0) is 16.2 Å². The van der Waals surface area contributed by atoms with Crippen molar-refractivity contribution in [3.8, 4) is 5.75 Å². The minimum Gasteiger partial charge on any atom is -0.495 e. The van der Waals surface area contributed by atoms with Gasteiger partial charge in [-0.1, -0.05) is 0 Å².